The Kier molecular flexibility index (Phi) is 3.24. The molecule has 0 amide bonds. The van der Waals surface area contributed by atoms with Crippen molar-refractivity contribution in [1.82, 2.24) is 14.5 Å². The molecule has 1 atom stereocenters. The Morgan fingerprint density at radius 3 is 2.81 bits per heavy atom. The second kappa shape index (κ2) is 4.65. The third-order valence-corrected chi connectivity index (χ3v) is 3.01. The average molecular weight is 281 g/mol. The monoisotopic (exact) mass is 280 g/mol. The van der Waals surface area contributed by atoms with Crippen LogP contribution >= 0.6 is 15.9 Å². The molecule has 0 aliphatic carbocycles. The van der Waals surface area contributed by atoms with E-state index in [1.54, 1.807) is 12.4 Å². The second-order valence-electron chi connectivity index (χ2n) is 3.60. The van der Waals surface area contributed by atoms with Gasteiger partial charge in [0.15, 0.2) is 0 Å². The molecule has 84 valence electrons. The van der Waals surface area contributed by atoms with Crippen molar-refractivity contribution < 1.29 is 0 Å². The Hall–Kier alpha value is -1.36. The molecule has 0 saturated carbocycles. The van der Waals surface area contributed by atoms with Gasteiger partial charge < -0.3 is 9.88 Å². The summed E-state index contributed by atoms with van der Waals surface area (Å²) in [6.07, 6.45) is 5.48. The summed E-state index contributed by atoms with van der Waals surface area (Å²) in [5.74, 6) is 0.996. The molecular formula is C11H13BrN4. The number of pyridine rings is 1. The molecule has 0 fully saturated rings. The van der Waals surface area contributed by atoms with Crippen molar-refractivity contribution in [2.24, 2.45) is 7.05 Å². The molecule has 1 unspecified atom stereocenters. The Morgan fingerprint density at radius 1 is 1.38 bits per heavy atom. The first kappa shape index (κ1) is 11.1. The lowest BCUT2D eigenvalue weighted by Gasteiger charge is -2.15. The lowest BCUT2D eigenvalue weighted by molar-refractivity contribution is 0.721. The molecule has 0 aliphatic rings. The van der Waals surface area contributed by atoms with Gasteiger partial charge in [0.1, 0.15) is 10.4 Å². The first-order valence-electron chi connectivity index (χ1n) is 5.02. The molecule has 0 bridgehead atoms. The van der Waals surface area contributed by atoms with Crippen molar-refractivity contribution in [2.75, 3.05) is 5.32 Å². The fourth-order valence-electron chi connectivity index (χ4n) is 1.59. The number of nitrogens with zero attached hydrogens (tertiary/aromatic N) is 3. The zero-order valence-corrected chi connectivity index (χ0v) is 10.8. The molecule has 2 aromatic rings. The highest BCUT2D eigenvalue weighted by Crippen LogP contribution is 2.23. The molecule has 16 heavy (non-hydrogen) atoms. The maximum absolute atomic E-state index is 4.31. The summed E-state index contributed by atoms with van der Waals surface area (Å²) in [6.45, 7) is 2.07. The van der Waals surface area contributed by atoms with Gasteiger partial charge in [0.05, 0.1) is 11.7 Å². The normalized spacial score (nSPS) is 12.4. The van der Waals surface area contributed by atoms with Crippen LogP contribution in [0.4, 0.5) is 5.69 Å². The average Bonchev–Trinajstić information content (AvgIpc) is 2.68. The molecule has 0 saturated heterocycles. The number of hydrogen-bond donors (Lipinski definition) is 1. The summed E-state index contributed by atoms with van der Waals surface area (Å²) >= 11 is 3.41. The molecule has 0 spiro atoms. The lowest BCUT2D eigenvalue weighted by Crippen LogP contribution is -2.12. The Bertz CT molecular complexity index is 480. The summed E-state index contributed by atoms with van der Waals surface area (Å²) in [4.78, 5) is 8.47. The number of nitrogens with one attached hydrogen (secondary N) is 1. The largest absolute Gasteiger partial charge is 0.373 e. The number of halogens is 1. The van der Waals surface area contributed by atoms with Crippen molar-refractivity contribution in [3.8, 4) is 0 Å². The number of aryl methyl sites for hydroxylation is 1. The number of imidazole rings is 1. The van der Waals surface area contributed by atoms with Gasteiger partial charge in [0, 0.05) is 25.6 Å². The van der Waals surface area contributed by atoms with Gasteiger partial charge in [0.2, 0.25) is 0 Å². The molecule has 2 aromatic heterocycles. The zero-order chi connectivity index (χ0) is 11.5. The van der Waals surface area contributed by atoms with Crippen LogP contribution in [0.25, 0.3) is 0 Å². The van der Waals surface area contributed by atoms with Crippen LogP contribution in [0.15, 0.2) is 35.3 Å². The lowest BCUT2D eigenvalue weighted by atomic mass is 10.3. The molecule has 0 radical (unpaired) electrons. The van der Waals surface area contributed by atoms with E-state index in [9.17, 15) is 0 Å². The van der Waals surface area contributed by atoms with E-state index in [4.69, 9.17) is 0 Å². The Morgan fingerprint density at radius 2 is 2.19 bits per heavy atom. The predicted octanol–water partition coefficient (Wildman–Crippen LogP) is 2.75. The highest BCUT2D eigenvalue weighted by Gasteiger charge is 2.11. The van der Waals surface area contributed by atoms with Crippen molar-refractivity contribution in [1.29, 1.82) is 0 Å². The van der Waals surface area contributed by atoms with Crippen LogP contribution in [0.1, 0.15) is 18.8 Å². The summed E-state index contributed by atoms with van der Waals surface area (Å²) in [5.41, 5.74) is 0.970. The number of rotatable bonds is 3. The first-order chi connectivity index (χ1) is 7.68. The van der Waals surface area contributed by atoms with E-state index in [2.05, 4.69) is 38.1 Å². The molecule has 4 nitrogen and oxygen atoms in total. The quantitative estimate of drug-likeness (QED) is 0.880. The minimum atomic E-state index is 0.139. The van der Waals surface area contributed by atoms with Crippen LogP contribution in [0.3, 0.4) is 0 Å². The molecule has 2 rings (SSSR count). The summed E-state index contributed by atoms with van der Waals surface area (Å²) in [5, 5.41) is 3.36. The van der Waals surface area contributed by atoms with Crippen molar-refractivity contribution in [3.05, 3.63) is 41.2 Å². The standard InChI is InChI=1S/C11H13BrN4/c1-8(11-14-6-7-16(11)2)15-9-4-3-5-13-10(9)12/h3-8,15H,1-2H3. The van der Waals surface area contributed by atoms with E-state index >= 15 is 0 Å². The third-order valence-electron chi connectivity index (χ3n) is 2.38. The van der Waals surface area contributed by atoms with E-state index in [0.29, 0.717) is 0 Å². The fourth-order valence-corrected chi connectivity index (χ4v) is 1.95. The number of aromatic nitrogens is 3. The van der Waals surface area contributed by atoms with Gasteiger partial charge in [0.25, 0.3) is 0 Å². The van der Waals surface area contributed by atoms with Crippen molar-refractivity contribution in [2.45, 2.75) is 13.0 Å². The van der Waals surface area contributed by atoms with E-state index in [-0.39, 0.29) is 6.04 Å². The van der Waals surface area contributed by atoms with E-state index in [0.717, 1.165) is 16.1 Å². The van der Waals surface area contributed by atoms with Gasteiger partial charge in [-0.05, 0) is 35.0 Å². The highest BCUT2D eigenvalue weighted by atomic mass is 79.9. The number of hydrogen-bond acceptors (Lipinski definition) is 3. The van der Waals surface area contributed by atoms with E-state index in [1.165, 1.54) is 0 Å². The van der Waals surface area contributed by atoms with Gasteiger partial charge in [-0.2, -0.15) is 0 Å². The van der Waals surface area contributed by atoms with Gasteiger partial charge in [-0.1, -0.05) is 0 Å². The minimum absolute atomic E-state index is 0.139. The molecular weight excluding hydrogens is 268 g/mol. The molecule has 0 aromatic carbocycles. The van der Waals surface area contributed by atoms with Gasteiger partial charge in [-0.15, -0.1) is 0 Å². The van der Waals surface area contributed by atoms with Crippen molar-refractivity contribution in [3.63, 3.8) is 0 Å². The molecule has 0 aliphatic heterocycles. The van der Waals surface area contributed by atoms with Gasteiger partial charge in [-0.3, -0.25) is 0 Å². The van der Waals surface area contributed by atoms with Crippen LogP contribution in [-0.2, 0) is 7.05 Å². The number of anilines is 1. The highest BCUT2D eigenvalue weighted by molar-refractivity contribution is 9.10. The first-order valence-corrected chi connectivity index (χ1v) is 5.82. The molecule has 2 heterocycles. The van der Waals surface area contributed by atoms with Crippen LogP contribution in [0.2, 0.25) is 0 Å². The Balaban J connectivity index is 2.17. The van der Waals surface area contributed by atoms with Crippen LogP contribution in [0, 0.1) is 0 Å². The summed E-state index contributed by atoms with van der Waals surface area (Å²) < 4.78 is 2.82. The van der Waals surface area contributed by atoms with E-state index < -0.39 is 0 Å². The van der Waals surface area contributed by atoms with Gasteiger partial charge in [-0.25, -0.2) is 9.97 Å². The molecule has 1 N–H and O–H groups in total. The van der Waals surface area contributed by atoms with Crippen LogP contribution in [0.5, 0.6) is 0 Å². The maximum atomic E-state index is 4.31. The van der Waals surface area contributed by atoms with Crippen molar-refractivity contribution >= 4 is 21.6 Å². The molecule has 5 heteroatoms. The second-order valence-corrected chi connectivity index (χ2v) is 4.36. The summed E-state index contributed by atoms with van der Waals surface area (Å²) in [6, 6.07) is 4.02. The maximum Gasteiger partial charge on any atom is 0.130 e. The minimum Gasteiger partial charge on any atom is -0.373 e. The van der Waals surface area contributed by atoms with Crippen LogP contribution in [-0.4, -0.2) is 14.5 Å². The Labute approximate surface area is 103 Å². The fraction of sp³-hybridized carbons (Fsp3) is 0.273. The van der Waals surface area contributed by atoms with E-state index in [1.807, 2.05) is 29.9 Å². The smallest absolute Gasteiger partial charge is 0.130 e. The summed E-state index contributed by atoms with van der Waals surface area (Å²) in [7, 11) is 1.98. The topological polar surface area (TPSA) is 42.7 Å². The SMILES string of the molecule is CC(Nc1cccnc1Br)c1nccn1C. The third kappa shape index (κ3) is 2.24. The predicted molar refractivity (Wildman–Crippen MR) is 67.2 cm³/mol. The van der Waals surface area contributed by atoms with Crippen LogP contribution < -0.4 is 5.32 Å². The zero-order valence-electron chi connectivity index (χ0n) is 9.18. The van der Waals surface area contributed by atoms with Gasteiger partial charge >= 0.3 is 0 Å².